The summed E-state index contributed by atoms with van der Waals surface area (Å²) >= 11 is 3.43. The van der Waals surface area contributed by atoms with Gasteiger partial charge >= 0.3 is 0 Å². The van der Waals surface area contributed by atoms with Crippen LogP contribution in [0.2, 0.25) is 0 Å². The molecule has 19 heavy (non-hydrogen) atoms. The minimum Gasteiger partial charge on any atom is -0.240 e. The van der Waals surface area contributed by atoms with E-state index >= 15 is 0 Å². The predicted molar refractivity (Wildman–Crippen MR) is 84.2 cm³/mol. The van der Waals surface area contributed by atoms with Gasteiger partial charge in [0.15, 0.2) is 4.34 Å². The Hall–Kier alpha value is -0.610. The molecule has 0 bridgehead atoms. The van der Waals surface area contributed by atoms with E-state index in [9.17, 15) is 0 Å². The van der Waals surface area contributed by atoms with E-state index in [-0.39, 0.29) is 0 Å². The molecule has 4 heteroatoms. The second-order valence-electron chi connectivity index (χ2n) is 6.41. The maximum atomic E-state index is 4.84. The molecule has 102 valence electrons. The first-order valence-corrected chi connectivity index (χ1v) is 8.85. The van der Waals surface area contributed by atoms with Gasteiger partial charge in [-0.25, -0.2) is 9.97 Å². The van der Waals surface area contributed by atoms with Crippen LogP contribution in [0, 0.1) is 11.3 Å². The summed E-state index contributed by atoms with van der Waals surface area (Å²) in [5.41, 5.74) is 4.21. The van der Waals surface area contributed by atoms with Crippen LogP contribution in [0.15, 0.2) is 10.4 Å². The van der Waals surface area contributed by atoms with Crippen molar-refractivity contribution >= 4 is 33.4 Å². The smallest absolute Gasteiger partial charge is 0.152 e. The number of thiazole rings is 1. The molecule has 0 aliphatic heterocycles. The number of hydrogen-bond acceptors (Lipinski definition) is 4. The van der Waals surface area contributed by atoms with Crippen molar-refractivity contribution in [1.29, 1.82) is 0 Å². The van der Waals surface area contributed by atoms with Gasteiger partial charge in [0.1, 0.15) is 10.3 Å². The first-order valence-electron chi connectivity index (χ1n) is 6.80. The van der Waals surface area contributed by atoms with Gasteiger partial charge in [0.2, 0.25) is 0 Å². The predicted octanol–water partition coefficient (Wildman–Crippen LogP) is 4.56. The maximum Gasteiger partial charge on any atom is 0.152 e. The molecule has 1 unspecified atom stereocenters. The monoisotopic (exact) mass is 292 g/mol. The first kappa shape index (κ1) is 13.4. The summed E-state index contributed by atoms with van der Waals surface area (Å²) in [4.78, 5) is 10.6. The SMILES string of the molecule is CSc1nc2cc3c(nc2s1)CCC(C(C)(C)C)C3. The first-order chi connectivity index (χ1) is 8.97. The molecule has 0 aromatic carbocycles. The minimum absolute atomic E-state index is 0.388. The largest absolute Gasteiger partial charge is 0.240 e. The topological polar surface area (TPSA) is 25.8 Å². The van der Waals surface area contributed by atoms with E-state index in [4.69, 9.17) is 4.98 Å². The number of aromatic nitrogens is 2. The van der Waals surface area contributed by atoms with Gasteiger partial charge < -0.3 is 0 Å². The molecule has 0 saturated carbocycles. The van der Waals surface area contributed by atoms with E-state index in [0.29, 0.717) is 5.41 Å². The summed E-state index contributed by atoms with van der Waals surface area (Å²) in [6.07, 6.45) is 5.63. The molecule has 0 radical (unpaired) electrons. The molecular formula is C15H20N2S2. The Morgan fingerprint density at radius 2 is 2.11 bits per heavy atom. The number of pyridine rings is 1. The summed E-state index contributed by atoms with van der Waals surface area (Å²) in [6.45, 7) is 7.05. The van der Waals surface area contributed by atoms with Crippen LogP contribution in [0.1, 0.15) is 38.4 Å². The van der Waals surface area contributed by atoms with E-state index in [0.717, 1.165) is 33.4 Å². The van der Waals surface area contributed by atoms with Gasteiger partial charge in [-0.05, 0) is 48.5 Å². The Morgan fingerprint density at radius 3 is 2.79 bits per heavy atom. The van der Waals surface area contributed by atoms with Crippen molar-refractivity contribution in [1.82, 2.24) is 9.97 Å². The van der Waals surface area contributed by atoms with Crippen LogP contribution >= 0.6 is 23.1 Å². The zero-order valence-corrected chi connectivity index (χ0v) is 13.6. The molecule has 1 atom stereocenters. The highest BCUT2D eigenvalue weighted by molar-refractivity contribution is 8.00. The second-order valence-corrected chi connectivity index (χ2v) is 8.44. The van der Waals surface area contributed by atoms with Crippen molar-refractivity contribution < 1.29 is 0 Å². The Kier molecular flexibility index (Phi) is 3.34. The normalized spacial score (nSPS) is 19.7. The molecule has 2 aromatic rings. The highest BCUT2D eigenvalue weighted by Gasteiger charge is 2.29. The van der Waals surface area contributed by atoms with Gasteiger partial charge in [-0.15, -0.1) is 0 Å². The highest BCUT2D eigenvalue weighted by Crippen LogP contribution is 2.38. The van der Waals surface area contributed by atoms with E-state index < -0.39 is 0 Å². The molecule has 0 amide bonds. The molecule has 3 rings (SSSR count). The lowest BCUT2D eigenvalue weighted by molar-refractivity contribution is 0.215. The van der Waals surface area contributed by atoms with Crippen LogP contribution < -0.4 is 0 Å². The highest BCUT2D eigenvalue weighted by atomic mass is 32.2. The third-order valence-electron chi connectivity index (χ3n) is 4.13. The molecule has 0 N–H and O–H groups in total. The number of rotatable bonds is 1. The van der Waals surface area contributed by atoms with Gasteiger partial charge in [-0.2, -0.15) is 0 Å². The van der Waals surface area contributed by atoms with E-state index in [1.807, 2.05) is 0 Å². The van der Waals surface area contributed by atoms with E-state index in [1.165, 1.54) is 17.7 Å². The summed E-state index contributed by atoms with van der Waals surface area (Å²) in [6, 6.07) is 2.28. The fourth-order valence-corrected chi connectivity index (χ4v) is 4.25. The van der Waals surface area contributed by atoms with Crippen LogP contribution in [0.5, 0.6) is 0 Å². The zero-order chi connectivity index (χ0) is 13.6. The summed E-state index contributed by atoms with van der Waals surface area (Å²) in [5, 5.41) is 0. The molecule has 0 spiro atoms. The van der Waals surface area contributed by atoms with Gasteiger partial charge in [0, 0.05) is 5.69 Å². The van der Waals surface area contributed by atoms with Crippen molar-refractivity contribution in [2.45, 2.75) is 44.4 Å². The fourth-order valence-electron chi connectivity index (χ4n) is 2.82. The molecule has 1 aliphatic carbocycles. The third kappa shape index (κ3) is 2.52. The van der Waals surface area contributed by atoms with Gasteiger partial charge in [0.25, 0.3) is 0 Å². The minimum atomic E-state index is 0.388. The van der Waals surface area contributed by atoms with Crippen LogP contribution in [0.25, 0.3) is 10.3 Å². The molecule has 0 saturated heterocycles. The van der Waals surface area contributed by atoms with Gasteiger partial charge in [-0.3, -0.25) is 0 Å². The average molecular weight is 292 g/mol. The number of hydrogen-bond donors (Lipinski definition) is 0. The average Bonchev–Trinajstić information content (AvgIpc) is 2.75. The number of fused-ring (bicyclic) bond motifs is 2. The molecular weight excluding hydrogens is 272 g/mol. The second kappa shape index (κ2) is 4.74. The lowest BCUT2D eigenvalue weighted by Gasteiger charge is -2.34. The number of nitrogens with zero attached hydrogens (tertiary/aromatic N) is 2. The molecule has 1 aliphatic rings. The maximum absolute atomic E-state index is 4.84. The van der Waals surface area contributed by atoms with Crippen molar-refractivity contribution in [2.75, 3.05) is 6.26 Å². The van der Waals surface area contributed by atoms with Crippen molar-refractivity contribution in [3.63, 3.8) is 0 Å². The lowest BCUT2D eigenvalue weighted by atomic mass is 9.71. The fraction of sp³-hybridized carbons (Fsp3) is 0.600. The Balaban J connectivity index is 2.00. The lowest BCUT2D eigenvalue weighted by Crippen LogP contribution is -2.27. The van der Waals surface area contributed by atoms with Crippen LogP contribution in [0.3, 0.4) is 0 Å². The molecule has 0 fully saturated rings. The van der Waals surface area contributed by atoms with Crippen LogP contribution in [0.4, 0.5) is 0 Å². The standard InChI is InChI=1S/C15H20N2S2/c1-15(2,3)10-5-6-11-9(7-10)8-12-13(16-11)19-14(17-12)18-4/h8,10H,5-7H2,1-4H3. The van der Waals surface area contributed by atoms with E-state index in [1.54, 1.807) is 23.1 Å². The van der Waals surface area contributed by atoms with Crippen LogP contribution in [-0.2, 0) is 12.8 Å². The molecule has 2 nitrogen and oxygen atoms in total. The summed E-state index contributed by atoms with van der Waals surface area (Å²) < 4.78 is 1.12. The van der Waals surface area contributed by atoms with Crippen LogP contribution in [-0.4, -0.2) is 16.2 Å². The Bertz CT molecular complexity index is 610. The van der Waals surface area contributed by atoms with Crippen molar-refractivity contribution in [3.8, 4) is 0 Å². The van der Waals surface area contributed by atoms with Gasteiger partial charge in [0.05, 0.1) is 0 Å². The Labute approximate surface area is 123 Å². The van der Waals surface area contributed by atoms with E-state index in [2.05, 4.69) is 38.1 Å². The summed E-state index contributed by atoms with van der Waals surface area (Å²) in [5.74, 6) is 0.762. The number of aryl methyl sites for hydroxylation is 1. The molecule has 2 heterocycles. The van der Waals surface area contributed by atoms with Crippen molar-refractivity contribution in [3.05, 3.63) is 17.3 Å². The van der Waals surface area contributed by atoms with Gasteiger partial charge in [-0.1, -0.05) is 43.9 Å². The summed E-state index contributed by atoms with van der Waals surface area (Å²) in [7, 11) is 0. The Morgan fingerprint density at radius 1 is 1.32 bits per heavy atom. The molecule has 2 aromatic heterocycles. The van der Waals surface area contributed by atoms with Crippen molar-refractivity contribution in [2.24, 2.45) is 11.3 Å². The zero-order valence-electron chi connectivity index (χ0n) is 12.0. The quantitative estimate of drug-likeness (QED) is 0.720. The third-order valence-corrected chi connectivity index (χ3v) is 6.08. The number of thioether (sulfide) groups is 1.